The minimum Gasteiger partial charge on any atom is -0.376 e. The number of ether oxygens (including phenoxy) is 1. The average Bonchev–Trinajstić information content (AvgIpc) is 3.37. The summed E-state index contributed by atoms with van der Waals surface area (Å²) < 4.78 is 20.6. The van der Waals surface area contributed by atoms with Gasteiger partial charge in [0, 0.05) is 31.9 Å². The lowest BCUT2D eigenvalue weighted by atomic mass is 10.2. The van der Waals surface area contributed by atoms with Crippen LogP contribution in [0, 0.1) is 5.82 Å². The number of hydrogen-bond acceptors (Lipinski definition) is 6. The molecule has 2 aromatic rings. The average molecular weight is 377 g/mol. The first-order valence-corrected chi connectivity index (χ1v) is 9.66. The van der Waals surface area contributed by atoms with Crippen LogP contribution in [0.5, 0.6) is 0 Å². The van der Waals surface area contributed by atoms with Crippen molar-refractivity contribution in [2.75, 3.05) is 30.3 Å². The second kappa shape index (κ2) is 7.63. The number of halogens is 1. The van der Waals surface area contributed by atoms with Gasteiger partial charge in [-0.15, -0.1) is 10.2 Å². The molecule has 1 N–H and O–H groups in total. The van der Waals surface area contributed by atoms with E-state index in [2.05, 4.69) is 15.5 Å². The molecule has 2 aliphatic rings. The Morgan fingerprint density at radius 2 is 2.15 bits per heavy atom. The molecule has 1 aromatic carbocycles. The van der Waals surface area contributed by atoms with Gasteiger partial charge in [-0.3, -0.25) is 9.36 Å². The molecule has 1 saturated heterocycles. The van der Waals surface area contributed by atoms with Gasteiger partial charge in [-0.2, -0.15) is 0 Å². The quantitative estimate of drug-likeness (QED) is 0.776. The maximum Gasteiger partial charge on any atom is 0.232 e. The second-order valence-electron chi connectivity index (χ2n) is 6.29. The van der Waals surface area contributed by atoms with Crippen molar-refractivity contribution in [1.82, 2.24) is 20.1 Å². The van der Waals surface area contributed by atoms with Crippen LogP contribution in [0.3, 0.4) is 0 Å². The van der Waals surface area contributed by atoms with E-state index in [1.54, 1.807) is 12.1 Å². The predicted octanol–water partition coefficient (Wildman–Crippen LogP) is 1.96. The molecule has 9 heteroatoms. The number of amides is 1. The number of carbonyl (C=O) groups is 1. The van der Waals surface area contributed by atoms with Gasteiger partial charge in [-0.05, 0) is 37.1 Å². The number of fused-ring (bicyclic) bond motifs is 1. The number of benzene rings is 1. The zero-order valence-electron chi connectivity index (χ0n) is 14.2. The molecule has 4 rings (SSSR count). The number of hydrogen-bond donors (Lipinski definition) is 1. The van der Waals surface area contributed by atoms with Gasteiger partial charge in [0.05, 0.1) is 11.9 Å². The van der Waals surface area contributed by atoms with Gasteiger partial charge in [0.2, 0.25) is 11.9 Å². The molecule has 0 aliphatic carbocycles. The molecule has 26 heavy (non-hydrogen) atoms. The molecular formula is C17H20FN5O2S. The SMILES string of the molecule is O=C(CSc1nnc2n1CCN2c1ccc(F)cc1)NCC1CCCO1. The van der Waals surface area contributed by atoms with Crippen molar-refractivity contribution in [3.8, 4) is 0 Å². The summed E-state index contributed by atoms with van der Waals surface area (Å²) in [6, 6.07) is 6.32. The first kappa shape index (κ1) is 17.3. The highest BCUT2D eigenvalue weighted by Crippen LogP contribution is 2.31. The first-order valence-electron chi connectivity index (χ1n) is 8.68. The maximum absolute atomic E-state index is 13.1. The second-order valence-corrected chi connectivity index (χ2v) is 7.23. The summed E-state index contributed by atoms with van der Waals surface area (Å²) in [6.45, 7) is 2.83. The third kappa shape index (κ3) is 3.68. The van der Waals surface area contributed by atoms with E-state index in [0.717, 1.165) is 49.3 Å². The third-order valence-corrected chi connectivity index (χ3v) is 5.47. The van der Waals surface area contributed by atoms with E-state index in [4.69, 9.17) is 4.74 Å². The van der Waals surface area contributed by atoms with E-state index in [-0.39, 0.29) is 17.8 Å². The van der Waals surface area contributed by atoms with Crippen molar-refractivity contribution < 1.29 is 13.9 Å². The monoisotopic (exact) mass is 377 g/mol. The van der Waals surface area contributed by atoms with E-state index in [1.165, 1.54) is 23.9 Å². The summed E-state index contributed by atoms with van der Waals surface area (Å²) in [4.78, 5) is 14.0. The van der Waals surface area contributed by atoms with Crippen LogP contribution in [0.15, 0.2) is 29.4 Å². The van der Waals surface area contributed by atoms with Crippen molar-refractivity contribution >= 4 is 29.3 Å². The van der Waals surface area contributed by atoms with Gasteiger partial charge in [0.15, 0.2) is 5.16 Å². The first-order chi connectivity index (χ1) is 12.7. The molecule has 0 saturated carbocycles. The van der Waals surface area contributed by atoms with Crippen LogP contribution in [-0.2, 0) is 16.1 Å². The Morgan fingerprint density at radius 1 is 1.31 bits per heavy atom. The molecule has 1 aromatic heterocycles. The van der Waals surface area contributed by atoms with Gasteiger partial charge >= 0.3 is 0 Å². The summed E-state index contributed by atoms with van der Waals surface area (Å²) in [5.74, 6) is 0.719. The molecule has 0 bridgehead atoms. The van der Waals surface area contributed by atoms with Crippen molar-refractivity contribution in [2.45, 2.75) is 30.6 Å². The zero-order valence-corrected chi connectivity index (χ0v) is 15.0. The lowest BCUT2D eigenvalue weighted by Gasteiger charge is -2.14. The molecule has 2 aliphatic heterocycles. The van der Waals surface area contributed by atoms with Crippen molar-refractivity contribution in [1.29, 1.82) is 0 Å². The summed E-state index contributed by atoms with van der Waals surface area (Å²) in [7, 11) is 0. The molecule has 0 spiro atoms. The van der Waals surface area contributed by atoms with E-state index in [1.807, 2.05) is 9.47 Å². The number of nitrogens with one attached hydrogen (secondary N) is 1. The topological polar surface area (TPSA) is 72.3 Å². The van der Waals surface area contributed by atoms with Gasteiger partial charge in [0.1, 0.15) is 5.82 Å². The van der Waals surface area contributed by atoms with Gasteiger partial charge in [-0.25, -0.2) is 4.39 Å². The molecular weight excluding hydrogens is 357 g/mol. The van der Waals surface area contributed by atoms with Gasteiger partial charge in [-0.1, -0.05) is 11.8 Å². The minimum absolute atomic E-state index is 0.0313. The Kier molecular flexibility index (Phi) is 5.07. The zero-order chi connectivity index (χ0) is 17.9. The molecule has 138 valence electrons. The number of anilines is 2. The van der Waals surface area contributed by atoms with Crippen LogP contribution >= 0.6 is 11.8 Å². The molecule has 1 atom stereocenters. The maximum atomic E-state index is 13.1. The standard InChI is InChI=1S/C17H20FN5O2S/c18-12-3-5-13(6-4-12)22-7-8-23-16(22)20-21-17(23)26-11-15(24)19-10-14-2-1-9-25-14/h3-6,14H,1-2,7-11H2,(H,19,24). The Labute approximate surface area is 154 Å². The molecule has 1 unspecified atom stereocenters. The smallest absolute Gasteiger partial charge is 0.232 e. The van der Waals surface area contributed by atoms with Crippen molar-refractivity contribution in [3.63, 3.8) is 0 Å². The fourth-order valence-corrected chi connectivity index (χ4v) is 3.95. The molecule has 3 heterocycles. The minimum atomic E-state index is -0.264. The van der Waals surface area contributed by atoms with E-state index >= 15 is 0 Å². The lowest BCUT2D eigenvalue weighted by Crippen LogP contribution is -2.32. The Bertz CT molecular complexity index is 776. The van der Waals surface area contributed by atoms with E-state index < -0.39 is 0 Å². The van der Waals surface area contributed by atoms with Crippen LogP contribution in [0.4, 0.5) is 16.0 Å². The Hall–Kier alpha value is -2.13. The van der Waals surface area contributed by atoms with Crippen molar-refractivity contribution in [2.24, 2.45) is 0 Å². The summed E-state index contributed by atoms with van der Waals surface area (Å²) in [5, 5.41) is 12.1. The van der Waals surface area contributed by atoms with E-state index in [0.29, 0.717) is 12.3 Å². The summed E-state index contributed by atoms with van der Waals surface area (Å²) >= 11 is 1.37. The summed E-state index contributed by atoms with van der Waals surface area (Å²) in [5.41, 5.74) is 0.878. The molecule has 7 nitrogen and oxygen atoms in total. The lowest BCUT2D eigenvalue weighted by molar-refractivity contribution is -0.119. The highest BCUT2D eigenvalue weighted by Gasteiger charge is 2.26. The molecule has 1 amide bonds. The highest BCUT2D eigenvalue weighted by atomic mass is 32.2. The van der Waals surface area contributed by atoms with Crippen LogP contribution in [0.2, 0.25) is 0 Å². The number of carbonyl (C=O) groups excluding carboxylic acids is 1. The highest BCUT2D eigenvalue weighted by molar-refractivity contribution is 7.99. The van der Waals surface area contributed by atoms with Crippen molar-refractivity contribution in [3.05, 3.63) is 30.1 Å². The normalized spacial score (nSPS) is 19.0. The predicted molar refractivity (Wildman–Crippen MR) is 96.1 cm³/mol. The molecule has 1 fully saturated rings. The van der Waals surface area contributed by atoms with Crippen LogP contribution in [0.1, 0.15) is 12.8 Å². The fourth-order valence-electron chi connectivity index (χ4n) is 3.16. The van der Waals surface area contributed by atoms with Gasteiger partial charge < -0.3 is 15.0 Å². The largest absolute Gasteiger partial charge is 0.376 e. The Morgan fingerprint density at radius 3 is 2.92 bits per heavy atom. The van der Waals surface area contributed by atoms with Crippen LogP contribution in [-0.4, -0.2) is 52.2 Å². The third-order valence-electron chi connectivity index (χ3n) is 4.51. The fraction of sp³-hybridized carbons (Fsp3) is 0.471. The number of aromatic nitrogens is 3. The number of thioether (sulfide) groups is 1. The van der Waals surface area contributed by atoms with Crippen LogP contribution in [0.25, 0.3) is 0 Å². The summed E-state index contributed by atoms with van der Waals surface area (Å²) in [6.07, 6.45) is 2.21. The van der Waals surface area contributed by atoms with E-state index in [9.17, 15) is 9.18 Å². The Balaban J connectivity index is 1.34. The van der Waals surface area contributed by atoms with Crippen LogP contribution < -0.4 is 10.2 Å². The number of nitrogens with zero attached hydrogens (tertiary/aromatic N) is 4. The number of rotatable bonds is 6. The molecule has 0 radical (unpaired) electrons. The van der Waals surface area contributed by atoms with Gasteiger partial charge in [0.25, 0.3) is 0 Å².